The third-order valence-electron chi connectivity index (χ3n) is 2.45. The number of benzene rings is 2. The summed E-state index contributed by atoms with van der Waals surface area (Å²) in [5.74, 6) is 0.297. The molecular weight excluding hydrogens is 200 g/mol. The van der Waals surface area contributed by atoms with Gasteiger partial charge in [0.05, 0.1) is 0 Å². The first-order chi connectivity index (χ1) is 7.72. The second-order valence-corrected chi connectivity index (χ2v) is 3.50. The summed E-state index contributed by atoms with van der Waals surface area (Å²) in [6, 6.07) is 12.1. The molecule has 0 unspecified atom stereocenters. The predicted molar refractivity (Wildman–Crippen MR) is 65.3 cm³/mol. The monoisotopic (exact) mass is 212 g/mol. The van der Waals surface area contributed by atoms with Crippen molar-refractivity contribution in [3.63, 3.8) is 0 Å². The van der Waals surface area contributed by atoms with Crippen LogP contribution in [0.3, 0.4) is 0 Å². The second-order valence-electron chi connectivity index (χ2n) is 3.50. The van der Waals surface area contributed by atoms with Gasteiger partial charge in [-0.05, 0) is 23.8 Å². The molecule has 0 aliphatic rings. The zero-order chi connectivity index (χ0) is 11.5. The van der Waals surface area contributed by atoms with Crippen LogP contribution in [0.4, 0.5) is 0 Å². The molecule has 2 aromatic rings. The van der Waals surface area contributed by atoms with Crippen LogP contribution in [0.5, 0.6) is 11.5 Å². The minimum absolute atomic E-state index is 0.145. The first kappa shape index (κ1) is 10.3. The van der Waals surface area contributed by atoms with Gasteiger partial charge >= 0.3 is 0 Å². The van der Waals surface area contributed by atoms with E-state index in [2.05, 4.69) is 6.58 Å². The highest BCUT2D eigenvalue weighted by molar-refractivity contribution is 5.77. The van der Waals surface area contributed by atoms with Crippen LogP contribution < -0.4 is 0 Å². The molecule has 0 aromatic heterocycles. The molecule has 2 heteroatoms. The Bertz CT molecular complexity index is 530. The minimum atomic E-state index is 0.145. The summed E-state index contributed by atoms with van der Waals surface area (Å²) in [5.41, 5.74) is 2.12. The average Bonchev–Trinajstić information content (AvgIpc) is 2.31. The van der Waals surface area contributed by atoms with E-state index in [0.717, 1.165) is 5.56 Å². The number of rotatable bonds is 2. The molecule has 0 amide bonds. The Labute approximate surface area is 94.1 Å². The van der Waals surface area contributed by atoms with Crippen molar-refractivity contribution >= 4 is 6.08 Å². The Morgan fingerprint density at radius 3 is 2.25 bits per heavy atom. The molecule has 0 aliphatic heterocycles. The molecule has 0 saturated heterocycles. The fourth-order valence-electron chi connectivity index (χ4n) is 1.60. The molecule has 2 N–H and O–H groups in total. The van der Waals surface area contributed by atoms with Crippen LogP contribution >= 0.6 is 0 Å². The smallest absolute Gasteiger partial charge is 0.123 e. The van der Waals surface area contributed by atoms with Gasteiger partial charge in [0, 0.05) is 11.1 Å². The Kier molecular flexibility index (Phi) is 2.64. The second kappa shape index (κ2) is 4.11. The van der Waals surface area contributed by atoms with E-state index < -0.39 is 0 Å². The minimum Gasteiger partial charge on any atom is -0.507 e. The highest BCUT2D eigenvalue weighted by Crippen LogP contribution is 2.35. The average molecular weight is 212 g/mol. The van der Waals surface area contributed by atoms with Gasteiger partial charge in [-0.2, -0.15) is 0 Å². The van der Waals surface area contributed by atoms with Crippen molar-refractivity contribution < 1.29 is 10.2 Å². The molecular formula is C14H12O2. The zero-order valence-electron chi connectivity index (χ0n) is 8.72. The lowest BCUT2D eigenvalue weighted by Crippen LogP contribution is -1.82. The van der Waals surface area contributed by atoms with E-state index in [-0.39, 0.29) is 11.5 Å². The quantitative estimate of drug-likeness (QED) is 0.800. The zero-order valence-corrected chi connectivity index (χ0v) is 8.72. The van der Waals surface area contributed by atoms with E-state index in [4.69, 9.17) is 0 Å². The van der Waals surface area contributed by atoms with E-state index in [1.807, 2.05) is 6.07 Å². The molecule has 0 bridgehead atoms. The number of aromatic hydroxyl groups is 2. The molecule has 0 atom stereocenters. The van der Waals surface area contributed by atoms with Gasteiger partial charge in [-0.25, -0.2) is 0 Å². The summed E-state index contributed by atoms with van der Waals surface area (Å²) in [7, 11) is 0. The van der Waals surface area contributed by atoms with Crippen LogP contribution in [-0.4, -0.2) is 10.2 Å². The van der Waals surface area contributed by atoms with E-state index >= 15 is 0 Å². The first-order valence-electron chi connectivity index (χ1n) is 4.96. The third kappa shape index (κ3) is 1.77. The Hall–Kier alpha value is -2.22. The van der Waals surface area contributed by atoms with Crippen LogP contribution in [0.15, 0.2) is 49.0 Å². The van der Waals surface area contributed by atoms with E-state index in [1.54, 1.807) is 42.5 Å². The van der Waals surface area contributed by atoms with Gasteiger partial charge < -0.3 is 10.2 Å². The lowest BCUT2D eigenvalue weighted by molar-refractivity contribution is 0.469. The molecule has 80 valence electrons. The third-order valence-corrected chi connectivity index (χ3v) is 2.45. The lowest BCUT2D eigenvalue weighted by atomic mass is 10.0. The SMILES string of the molecule is C=Cc1ccc(O)c(-c2ccccc2O)c1. The summed E-state index contributed by atoms with van der Waals surface area (Å²) in [4.78, 5) is 0. The fraction of sp³-hybridized carbons (Fsp3) is 0. The number of hydrogen-bond donors (Lipinski definition) is 2. The Morgan fingerprint density at radius 1 is 0.875 bits per heavy atom. The highest BCUT2D eigenvalue weighted by atomic mass is 16.3. The van der Waals surface area contributed by atoms with E-state index in [9.17, 15) is 10.2 Å². The van der Waals surface area contributed by atoms with E-state index in [0.29, 0.717) is 11.1 Å². The molecule has 0 heterocycles. The maximum absolute atomic E-state index is 9.76. The molecule has 0 fully saturated rings. The Morgan fingerprint density at radius 2 is 1.56 bits per heavy atom. The molecule has 2 rings (SSSR count). The van der Waals surface area contributed by atoms with Gasteiger partial charge in [0.25, 0.3) is 0 Å². The van der Waals surface area contributed by atoms with Crippen LogP contribution in [0.2, 0.25) is 0 Å². The van der Waals surface area contributed by atoms with Crippen molar-refractivity contribution in [2.45, 2.75) is 0 Å². The van der Waals surface area contributed by atoms with Crippen LogP contribution in [0.1, 0.15) is 5.56 Å². The topological polar surface area (TPSA) is 40.5 Å². The maximum Gasteiger partial charge on any atom is 0.123 e. The van der Waals surface area contributed by atoms with Gasteiger partial charge in [-0.1, -0.05) is 36.9 Å². The summed E-state index contributed by atoms with van der Waals surface area (Å²) in [6.45, 7) is 3.67. The highest BCUT2D eigenvalue weighted by Gasteiger charge is 2.08. The summed E-state index contributed by atoms with van der Waals surface area (Å²) >= 11 is 0. The number of para-hydroxylation sites is 1. The molecule has 0 saturated carbocycles. The van der Waals surface area contributed by atoms with Gasteiger partial charge in [0.1, 0.15) is 11.5 Å². The van der Waals surface area contributed by atoms with Crippen molar-refractivity contribution in [3.8, 4) is 22.6 Å². The van der Waals surface area contributed by atoms with Crippen molar-refractivity contribution in [2.24, 2.45) is 0 Å². The van der Waals surface area contributed by atoms with Crippen LogP contribution in [0.25, 0.3) is 17.2 Å². The van der Waals surface area contributed by atoms with Crippen molar-refractivity contribution in [1.29, 1.82) is 0 Å². The molecule has 0 radical (unpaired) electrons. The van der Waals surface area contributed by atoms with E-state index in [1.165, 1.54) is 0 Å². The predicted octanol–water partition coefficient (Wildman–Crippen LogP) is 3.41. The standard InChI is InChI=1S/C14H12O2/c1-2-10-7-8-14(16)12(9-10)11-5-3-4-6-13(11)15/h2-9,15-16H,1H2. The summed E-state index contributed by atoms with van der Waals surface area (Å²) < 4.78 is 0. The van der Waals surface area contributed by atoms with Crippen LogP contribution in [0, 0.1) is 0 Å². The number of phenolic OH excluding ortho intramolecular Hbond substituents is 2. The van der Waals surface area contributed by atoms with Gasteiger partial charge in [0.2, 0.25) is 0 Å². The summed E-state index contributed by atoms with van der Waals surface area (Å²) in [6.07, 6.45) is 1.70. The first-order valence-corrected chi connectivity index (χ1v) is 4.96. The van der Waals surface area contributed by atoms with Crippen molar-refractivity contribution in [2.75, 3.05) is 0 Å². The van der Waals surface area contributed by atoms with Crippen LogP contribution in [-0.2, 0) is 0 Å². The summed E-state index contributed by atoms with van der Waals surface area (Å²) in [5, 5.41) is 19.5. The Balaban J connectivity index is 2.63. The fourth-order valence-corrected chi connectivity index (χ4v) is 1.60. The number of hydrogen-bond acceptors (Lipinski definition) is 2. The van der Waals surface area contributed by atoms with Crippen molar-refractivity contribution in [3.05, 3.63) is 54.6 Å². The van der Waals surface area contributed by atoms with Gasteiger partial charge in [-0.3, -0.25) is 0 Å². The normalized spacial score (nSPS) is 10.0. The van der Waals surface area contributed by atoms with Crippen molar-refractivity contribution in [1.82, 2.24) is 0 Å². The lowest BCUT2D eigenvalue weighted by Gasteiger charge is -2.07. The molecule has 2 aromatic carbocycles. The molecule has 0 spiro atoms. The molecule has 16 heavy (non-hydrogen) atoms. The number of phenols is 2. The largest absolute Gasteiger partial charge is 0.507 e. The van der Waals surface area contributed by atoms with Gasteiger partial charge in [-0.15, -0.1) is 0 Å². The molecule has 2 nitrogen and oxygen atoms in total. The maximum atomic E-state index is 9.76. The molecule has 0 aliphatic carbocycles. The van der Waals surface area contributed by atoms with Gasteiger partial charge in [0.15, 0.2) is 0 Å².